The SMILES string of the molecule is CCCCCC(C)(C)c1nc(C(C)(C)CC)[nH]c1C(C)(C)CCCC. The highest BCUT2D eigenvalue weighted by molar-refractivity contribution is 5.31. The van der Waals surface area contributed by atoms with E-state index in [0.717, 1.165) is 6.42 Å². The molecule has 0 radical (unpaired) electrons. The number of hydrogen-bond acceptors (Lipinski definition) is 1. The predicted octanol–water partition coefficient (Wildman–Crippen LogP) is 7.42. The van der Waals surface area contributed by atoms with Gasteiger partial charge in [-0.25, -0.2) is 4.98 Å². The van der Waals surface area contributed by atoms with Gasteiger partial charge in [0.05, 0.1) is 5.69 Å². The van der Waals surface area contributed by atoms with Crippen LogP contribution >= 0.6 is 0 Å². The summed E-state index contributed by atoms with van der Waals surface area (Å²) < 4.78 is 0. The summed E-state index contributed by atoms with van der Waals surface area (Å²) in [6.45, 7) is 21.0. The highest BCUT2D eigenvalue weighted by atomic mass is 15.0. The molecule has 25 heavy (non-hydrogen) atoms. The Kier molecular flexibility index (Phi) is 7.77. The van der Waals surface area contributed by atoms with Crippen LogP contribution in [0.15, 0.2) is 0 Å². The van der Waals surface area contributed by atoms with Crippen LogP contribution in [0.1, 0.15) is 131 Å². The van der Waals surface area contributed by atoms with Gasteiger partial charge in [0.15, 0.2) is 0 Å². The summed E-state index contributed by atoms with van der Waals surface area (Å²) in [7, 11) is 0. The van der Waals surface area contributed by atoms with Crippen LogP contribution in [0.2, 0.25) is 0 Å². The molecule has 0 aliphatic heterocycles. The third kappa shape index (κ3) is 5.59. The molecule has 0 amide bonds. The zero-order valence-corrected chi connectivity index (χ0v) is 18.6. The molecule has 0 unspecified atom stereocenters. The van der Waals surface area contributed by atoms with Crippen molar-refractivity contribution >= 4 is 0 Å². The Balaban J connectivity index is 3.32. The third-order valence-electron chi connectivity index (χ3n) is 6.11. The van der Waals surface area contributed by atoms with E-state index >= 15 is 0 Å². The van der Waals surface area contributed by atoms with Gasteiger partial charge in [-0.2, -0.15) is 0 Å². The van der Waals surface area contributed by atoms with Crippen molar-refractivity contribution in [3.05, 3.63) is 17.2 Å². The van der Waals surface area contributed by atoms with Crippen LogP contribution in [0, 0.1) is 0 Å². The van der Waals surface area contributed by atoms with Gasteiger partial charge in [0, 0.05) is 21.9 Å². The number of unbranched alkanes of at least 4 members (excludes halogenated alkanes) is 3. The second-order valence-corrected chi connectivity index (χ2v) is 9.87. The first-order valence-electron chi connectivity index (χ1n) is 10.6. The molecule has 0 fully saturated rings. The molecular formula is C23H44N2. The van der Waals surface area contributed by atoms with Gasteiger partial charge >= 0.3 is 0 Å². The van der Waals surface area contributed by atoms with Crippen molar-refractivity contribution in [3.63, 3.8) is 0 Å². The lowest BCUT2D eigenvalue weighted by atomic mass is 9.75. The summed E-state index contributed by atoms with van der Waals surface area (Å²) in [4.78, 5) is 9.03. The lowest BCUT2D eigenvalue weighted by Gasteiger charge is -2.30. The van der Waals surface area contributed by atoms with E-state index < -0.39 is 0 Å². The fourth-order valence-corrected chi connectivity index (χ4v) is 3.52. The lowest BCUT2D eigenvalue weighted by molar-refractivity contribution is 0.401. The number of nitrogens with zero attached hydrogens (tertiary/aromatic N) is 1. The second-order valence-electron chi connectivity index (χ2n) is 9.87. The van der Waals surface area contributed by atoms with Gasteiger partial charge in [-0.05, 0) is 19.3 Å². The summed E-state index contributed by atoms with van der Waals surface area (Å²) in [5, 5.41) is 0. The van der Waals surface area contributed by atoms with E-state index in [4.69, 9.17) is 4.98 Å². The molecule has 1 aromatic rings. The number of hydrogen-bond donors (Lipinski definition) is 1. The van der Waals surface area contributed by atoms with Gasteiger partial charge in [-0.3, -0.25) is 0 Å². The Morgan fingerprint density at radius 3 is 1.80 bits per heavy atom. The smallest absolute Gasteiger partial charge is 0.112 e. The monoisotopic (exact) mass is 348 g/mol. The molecule has 0 bridgehead atoms. The molecule has 0 spiro atoms. The minimum Gasteiger partial charge on any atom is -0.345 e. The van der Waals surface area contributed by atoms with E-state index in [-0.39, 0.29) is 16.2 Å². The Morgan fingerprint density at radius 1 is 0.720 bits per heavy atom. The minimum atomic E-state index is 0.104. The van der Waals surface area contributed by atoms with Crippen LogP contribution in [0.5, 0.6) is 0 Å². The molecule has 2 nitrogen and oxygen atoms in total. The zero-order chi connectivity index (χ0) is 19.3. The van der Waals surface area contributed by atoms with Crippen molar-refractivity contribution in [3.8, 4) is 0 Å². The molecule has 0 saturated carbocycles. The first-order valence-corrected chi connectivity index (χ1v) is 10.6. The average Bonchev–Trinajstić information content (AvgIpc) is 3.01. The minimum absolute atomic E-state index is 0.104. The van der Waals surface area contributed by atoms with Gasteiger partial charge < -0.3 is 4.98 Å². The molecule has 0 aromatic carbocycles. The molecule has 0 atom stereocenters. The topological polar surface area (TPSA) is 28.7 Å². The molecule has 2 heteroatoms. The molecule has 146 valence electrons. The summed E-state index contributed by atoms with van der Waals surface area (Å²) in [6.07, 6.45) is 9.94. The summed E-state index contributed by atoms with van der Waals surface area (Å²) in [5.41, 5.74) is 3.10. The first kappa shape index (κ1) is 22.3. The Hall–Kier alpha value is -0.790. The van der Waals surface area contributed by atoms with Gasteiger partial charge in [0.2, 0.25) is 0 Å². The first-order chi connectivity index (χ1) is 11.5. The standard InChI is InChI=1S/C23H44N2/c1-10-13-15-17-23(8,9)19-18(22(6,7)16-14-11-2)24-20(25-19)21(4,5)12-3/h10-17H2,1-9H3,(H,24,25). The van der Waals surface area contributed by atoms with Crippen LogP contribution in [-0.4, -0.2) is 9.97 Å². The highest BCUT2D eigenvalue weighted by Gasteiger charge is 2.36. The van der Waals surface area contributed by atoms with Crippen LogP contribution in [-0.2, 0) is 16.2 Å². The number of rotatable bonds is 11. The largest absolute Gasteiger partial charge is 0.345 e. The van der Waals surface area contributed by atoms with Gasteiger partial charge in [0.25, 0.3) is 0 Å². The maximum absolute atomic E-state index is 5.22. The molecule has 1 rings (SSSR count). The fourth-order valence-electron chi connectivity index (χ4n) is 3.52. The van der Waals surface area contributed by atoms with Crippen LogP contribution in [0.4, 0.5) is 0 Å². The summed E-state index contributed by atoms with van der Waals surface area (Å²) in [5.74, 6) is 1.17. The van der Waals surface area contributed by atoms with E-state index in [1.54, 1.807) is 0 Å². The third-order valence-corrected chi connectivity index (χ3v) is 6.11. The van der Waals surface area contributed by atoms with Crippen molar-refractivity contribution in [2.75, 3.05) is 0 Å². The van der Waals surface area contributed by atoms with E-state index in [9.17, 15) is 0 Å². The Morgan fingerprint density at radius 2 is 1.28 bits per heavy atom. The van der Waals surface area contributed by atoms with Gasteiger partial charge in [-0.1, -0.05) is 94.4 Å². The molecule has 0 aliphatic rings. The zero-order valence-electron chi connectivity index (χ0n) is 18.6. The Labute approximate surface area is 157 Å². The number of imidazole rings is 1. The average molecular weight is 349 g/mol. The molecule has 0 saturated heterocycles. The Bertz CT molecular complexity index is 520. The molecule has 1 N–H and O–H groups in total. The number of nitrogens with one attached hydrogen (secondary N) is 1. The summed E-state index contributed by atoms with van der Waals surface area (Å²) >= 11 is 0. The maximum Gasteiger partial charge on any atom is 0.112 e. The van der Waals surface area contributed by atoms with Gasteiger partial charge in [0.1, 0.15) is 5.82 Å². The normalized spacial score (nSPS) is 13.5. The fraction of sp³-hybridized carbons (Fsp3) is 0.870. The number of aromatic nitrogens is 2. The van der Waals surface area contributed by atoms with E-state index in [2.05, 4.69) is 67.3 Å². The summed E-state index contributed by atoms with van der Waals surface area (Å²) in [6, 6.07) is 0. The van der Waals surface area contributed by atoms with Crippen LogP contribution < -0.4 is 0 Å². The molecule has 1 heterocycles. The number of H-pyrrole nitrogens is 1. The molecule has 0 aliphatic carbocycles. The van der Waals surface area contributed by atoms with E-state index in [0.29, 0.717) is 0 Å². The number of aromatic amines is 1. The van der Waals surface area contributed by atoms with Crippen molar-refractivity contribution in [1.82, 2.24) is 9.97 Å². The second kappa shape index (κ2) is 8.73. The van der Waals surface area contributed by atoms with Crippen LogP contribution in [0.3, 0.4) is 0 Å². The van der Waals surface area contributed by atoms with Crippen molar-refractivity contribution in [2.45, 2.75) is 130 Å². The van der Waals surface area contributed by atoms with Crippen LogP contribution in [0.25, 0.3) is 0 Å². The van der Waals surface area contributed by atoms with Gasteiger partial charge in [-0.15, -0.1) is 0 Å². The van der Waals surface area contributed by atoms with Crippen molar-refractivity contribution in [1.29, 1.82) is 0 Å². The quantitative estimate of drug-likeness (QED) is 0.414. The highest BCUT2D eigenvalue weighted by Crippen LogP contribution is 2.40. The maximum atomic E-state index is 5.22. The van der Waals surface area contributed by atoms with E-state index in [1.807, 2.05) is 0 Å². The van der Waals surface area contributed by atoms with Crippen molar-refractivity contribution in [2.24, 2.45) is 0 Å². The van der Waals surface area contributed by atoms with Crippen molar-refractivity contribution < 1.29 is 0 Å². The lowest BCUT2D eigenvalue weighted by Crippen LogP contribution is -2.26. The molecule has 1 aromatic heterocycles. The van der Waals surface area contributed by atoms with E-state index in [1.165, 1.54) is 62.2 Å². The predicted molar refractivity (Wildman–Crippen MR) is 112 cm³/mol. The molecular weight excluding hydrogens is 304 g/mol.